The number of nitro groups is 1. The monoisotopic (exact) mass is 269 g/mol. The van der Waals surface area contributed by atoms with Crippen molar-refractivity contribution >= 4 is 11.6 Å². The van der Waals surface area contributed by atoms with Crippen LogP contribution in [0.15, 0.2) is 6.20 Å². The second kappa shape index (κ2) is 6.83. The van der Waals surface area contributed by atoms with Gasteiger partial charge in [0.1, 0.15) is 18.4 Å². The molecule has 8 heteroatoms. The molecule has 1 heterocycles. The molecule has 0 radical (unpaired) electrons. The van der Waals surface area contributed by atoms with E-state index in [1.807, 2.05) is 19.0 Å². The number of hydrogen-bond acceptors (Lipinski definition) is 5. The smallest absolute Gasteiger partial charge is 0.309 e. The van der Waals surface area contributed by atoms with Crippen molar-refractivity contribution in [3.8, 4) is 0 Å². The second-order valence-electron chi connectivity index (χ2n) is 4.56. The number of rotatable bonds is 7. The van der Waals surface area contributed by atoms with E-state index in [9.17, 15) is 14.9 Å². The lowest BCUT2D eigenvalue weighted by Gasteiger charge is -2.09. The van der Waals surface area contributed by atoms with Crippen LogP contribution in [0, 0.1) is 17.0 Å². The molecule has 0 saturated heterocycles. The zero-order valence-electron chi connectivity index (χ0n) is 11.4. The molecule has 0 atom stereocenters. The molecule has 1 rings (SSSR count). The van der Waals surface area contributed by atoms with Crippen molar-refractivity contribution in [2.24, 2.45) is 0 Å². The fourth-order valence-corrected chi connectivity index (χ4v) is 1.59. The minimum Gasteiger partial charge on any atom is -0.354 e. The first kappa shape index (κ1) is 15.1. The van der Waals surface area contributed by atoms with Crippen molar-refractivity contribution in [3.63, 3.8) is 0 Å². The quantitative estimate of drug-likeness (QED) is 0.432. The summed E-state index contributed by atoms with van der Waals surface area (Å²) in [6.45, 7) is 3.02. The van der Waals surface area contributed by atoms with Gasteiger partial charge in [-0.05, 0) is 34.0 Å². The van der Waals surface area contributed by atoms with E-state index < -0.39 is 4.92 Å². The molecule has 0 unspecified atom stereocenters. The Bertz CT molecular complexity index is 455. The predicted octanol–water partition coefficient (Wildman–Crippen LogP) is 0.168. The van der Waals surface area contributed by atoms with Crippen LogP contribution in [0.5, 0.6) is 0 Å². The van der Waals surface area contributed by atoms with Gasteiger partial charge in [-0.2, -0.15) is 5.10 Å². The summed E-state index contributed by atoms with van der Waals surface area (Å²) in [5.74, 6) is -0.198. The van der Waals surface area contributed by atoms with Gasteiger partial charge in [0.2, 0.25) is 5.91 Å². The van der Waals surface area contributed by atoms with Gasteiger partial charge >= 0.3 is 5.69 Å². The van der Waals surface area contributed by atoms with Crippen LogP contribution < -0.4 is 5.32 Å². The van der Waals surface area contributed by atoms with Crippen LogP contribution in [0.4, 0.5) is 5.69 Å². The van der Waals surface area contributed by atoms with Gasteiger partial charge in [0.05, 0.1) is 4.92 Å². The Balaban J connectivity index is 2.40. The summed E-state index contributed by atoms with van der Waals surface area (Å²) < 4.78 is 1.29. The van der Waals surface area contributed by atoms with E-state index in [2.05, 4.69) is 10.4 Å². The molecular weight excluding hydrogens is 250 g/mol. The summed E-state index contributed by atoms with van der Waals surface area (Å²) in [6, 6.07) is 0. The summed E-state index contributed by atoms with van der Waals surface area (Å²) in [6.07, 6.45) is 2.13. The molecule has 1 amide bonds. The van der Waals surface area contributed by atoms with Crippen molar-refractivity contribution in [2.75, 3.05) is 27.2 Å². The molecule has 0 fully saturated rings. The van der Waals surface area contributed by atoms with Crippen LogP contribution in [-0.4, -0.2) is 52.7 Å². The highest BCUT2D eigenvalue weighted by Crippen LogP contribution is 2.14. The van der Waals surface area contributed by atoms with Crippen molar-refractivity contribution < 1.29 is 9.72 Å². The Morgan fingerprint density at radius 3 is 2.79 bits per heavy atom. The summed E-state index contributed by atoms with van der Waals surface area (Å²) in [5.41, 5.74) is 0.241. The third-order valence-corrected chi connectivity index (χ3v) is 2.53. The van der Waals surface area contributed by atoms with Gasteiger partial charge in [-0.3, -0.25) is 19.6 Å². The van der Waals surface area contributed by atoms with Crippen LogP contribution in [0.1, 0.15) is 12.1 Å². The maximum atomic E-state index is 11.6. The van der Waals surface area contributed by atoms with E-state index in [0.717, 1.165) is 13.0 Å². The first-order chi connectivity index (χ1) is 8.90. The highest BCUT2D eigenvalue weighted by atomic mass is 16.6. The molecule has 106 valence electrons. The van der Waals surface area contributed by atoms with E-state index >= 15 is 0 Å². The predicted molar refractivity (Wildman–Crippen MR) is 69.8 cm³/mol. The van der Waals surface area contributed by atoms with Gasteiger partial charge in [0, 0.05) is 6.54 Å². The van der Waals surface area contributed by atoms with E-state index in [1.165, 1.54) is 10.9 Å². The molecule has 0 aliphatic carbocycles. The Kier molecular flexibility index (Phi) is 5.43. The molecule has 0 bridgehead atoms. The zero-order valence-corrected chi connectivity index (χ0v) is 11.4. The zero-order chi connectivity index (χ0) is 14.4. The largest absolute Gasteiger partial charge is 0.354 e. The van der Waals surface area contributed by atoms with Crippen molar-refractivity contribution in [1.29, 1.82) is 0 Å². The van der Waals surface area contributed by atoms with E-state index in [4.69, 9.17) is 0 Å². The Labute approximate surface area is 111 Å². The van der Waals surface area contributed by atoms with Gasteiger partial charge in [0.25, 0.3) is 0 Å². The lowest BCUT2D eigenvalue weighted by atomic mass is 10.4. The average molecular weight is 269 g/mol. The molecule has 0 aliphatic heterocycles. The Morgan fingerprint density at radius 2 is 2.26 bits per heavy atom. The van der Waals surface area contributed by atoms with Gasteiger partial charge in [0.15, 0.2) is 0 Å². The van der Waals surface area contributed by atoms with Gasteiger partial charge in [-0.25, -0.2) is 0 Å². The van der Waals surface area contributed by atoms with Gasteiger partial charge in [-0.15, -0.1) is 0 Å². The normalized spacial score (nSPS) is 10.7. The SMILES string of the molecule is Cc1nn(CC(=O)NCCCN(C)C)cc1[N+](=O)[O-]. The molecular formula is C11H19N5O3. The Hall–Kier alpha value is -1.96. The fraction of sp³-hybridized carbons (Fsp3) is 0.636. The van der Waals surface area contributed by atoms with E-state index in [1.54, 1.807) is 6.92 Å². The maximum Gasteiger partial charge on any atom is 0.309 e. The van der Waals surface area contributed by atoms with Crippen LogP contribution >= 0.6 is 0 Å². The van der Waals surface area contributed by atoms with Gasteiger partial charge < -0.3 is 10.2 Å². The minimum atomic E-state index is -0.506. The molecule has 0 aliphatic rings. The second-order valence-corrected chi connectivity index (χ2v) is 4.56. The molecule has 0 aromatic carbocycles. The number of aryl methyl sites for hydroxylation is 1. The number of nitrogens with one attached hydrogen (secondary N) is 1. The third kappa shape index (κ3) is 5.04. The van der Waals surface area contributed by atoms with Crippen LogP contribution in [0.3, 0.4) is 0 Å². The number of amides is 1. The topological polar surface area (TPSA) is 93.3 Å². The summed E-state index contributed by atoms with van der Waals surface area (Å²) >= 11 is 0. The van der Waals surface area contributed by atoms with Crippen LogP contribution in [0.2, 0.25) is 0 Å². The molecule has 1 aromatic heterocycles. The molecule has 0 saturated carbocycles. The standard InChI is InChI=1S/C11H19N5O3/c1-9-10(16(18)19)7-15(13-9)8-11(17)12-5-4-6-14(2)3/h7H,4-6,8H2,1-3H3,(H,12,17). The number of hydrogen-bond donors (Lipinski definition) is 1. The first-order valence-electron chi connectivity index (χ1n) is 6.00. The van der Waals surface area contributed by atoms with Crippen LogP contribution in [0.25, 0.3) is 0 Å². The highest BCUT2D eigenvalue weighted by molar-refractivity contribution is 5.75. The van der Waals surface area contributed by atoms with E-state index in [-0.39, 0.29) is 18.1 Å². The van der Waals surface area contributed by atoms with Crippen molar-refractivity contribution in [2.45, 2.75) is 19.9 Å². The third-order valence-electron chi connectivity index (χ3n) is 2.53. The van der Waals surface area contributed by atoms with Crippen LogP contribution in [-0.2, 0) is 11.3 Å². The number of carbonyl (C=O) groups is 1. The maximum absolute atomic E-state index is 11.6. The average Bonchev–Trinajstić information content (AvgIpc) is 2.65. The van der Waals surface area contributed by atoms with Crippen molar-refractivity contribution in [1.82, 2.24) is 20.0 Å². The number of aromatic nitrogens is 2. The summed E-state index contributed by atoms with van der Waals surface area (Å²) in [5, 5.41) is 17.3. The minimum absolute atomic E-state index is 0.00333. The number of carbonyl (C=O) groups excluding carboxylic acids is 1. The summed E-state index contributed by atoms with van der Waals surface area (Å²) in [7, 11) is 3.93. The molecule has 0 spiro atoms. The van der Waals surface area contributed by atoms with E-state index in [0.29, 0.717) is 12.2 Å². The molecule has 8 nitrogen and oxygen atoms in total. The molecule has 1 N–H and O–H groups in total. The molecule has 1 aromatic rings. The molecule has 19 heavy (non-hydrogen) atoms. The Morgan fingerprint density at radius 1 is 1.58 bits per heavy atom. The van der Waals surface area contributed by atoms with Gasteiger partial charge in [-0.1, -0.05) is 0 Å². The fourth-order valence-electron chi connectivity index (χ4n) is 1.59. The number of nitrogens with zero attached hydrogens (tertiary/aromatic N) is 4. The first-order valence-corrected chi connectivity index (χ1v) is 6.00. The van der Waals surface area contributed by atoms with Crippen molar-refractivity contribution in [3.05, 3.63) is 22.0 Å². The lowest BCUT2D eigenvalue weighted by Crippen LogP contribution is -2.30. The highest BCUT2D eigenvalue weighted by Gasteiger charge is 2.16. The lowest BCUT2D eigenvalue weighted by molar-refractivity contribution is -0.385. The summed E-state index contributed by atoms with van der Waals surface area (Å²) in [4.78, 5) is 23.8.